The summed E-state index contributed by atoms with van der Waals surface area (Å²) in [4.78, 5) is 10.3. The minimum absolute atomic E-state index is 0.00924. The predicted octanol–water partition coefficient (Wildman–Crippen LogP) is 3.62. The molecule has 0 spiro atoms. The standard InChI is InChI=1S/C24H27F3N6O3S/c1-2-37(34,35)33-9-6-16-12-20(36-21(16)15-33)22-19(24(25,26)27)14-29-23(31-22)30-17-4-3-5-18(13-17)32-10-7-28-8-11-32/h3-5,12-14,28H,2,6-11,15H2,1H3,(H,29,30,31). The summed E-state index contributed by atoms with van der Waals surface area (Å²) < 4.78 is 73.2. The Labute approximate surface area is 212 Å². The monoisotopic (exact) mass is 536 g/mol. The number of alkyl halides is 3. The van der Waals surface area contributed by atoms with Crippen molar-refractivity contribution in [2.75, 3.05) is 48.7 Å². The van der Waals surface area contributed by atoms with Gasteiger partial charge in [0, 0.05) is 50.3 Å². The molecule has 0 bridgehead atoms. The number of piperazine rings is 1. The first kappa shape index (κ1) is 25.5. The molecule has 198 valence electrons. The van der Waals surface area contributed by atoms with Crippen molar-refractivity contribution in [1.82, 2.24) is 19.6 Å². The van der Waals surface area contributed by atoms with E-state index in [9.17, 15) is 21.6 Å². The van der Waals surface area contributed by atoms with Gasteiger partial charge >= 0.3 is 6.18 Å². The second-order valence-corrected chi connectivity index (χ2v) is 11.2. The highest BCUT2D eigenvalue weighted by atomic mass is 32.2. The van der Waals surface area contributed by atoms with Crippen LogP contribution in [0.5, 0.6) is 0 Å². The zero-order valence-electron chi connectivity index (χ0n) is 20.2. The second-order valence-electron chi connectivity index (χ2n) is 8.91. The van der Waals surface area contributed by atoms with Gasteiger partial charge in [-0.2, -0.15) is 17.5 Å². The van der Waals surface area contributed by atoms with Gasteiger partial charge in [0.1, 0.15) is 17.0 Å². The lowest BCUT2D eigenvalue weighted by Crippen LogP contribution is -2.43. The van der Waals surface area contributed by atoms with Gasteiger partial charge < -0.3 is 20.0 Å². The van der Waals surface area contributed by atoms with Crippen LogP contribution in [0.2, 0.25) is 0 Å². The minimum atomic E-state index is -4.71. The van der Waals surface area contributed by atoms with Crippen LogP contribution in [0.4, 0.5) is 30.5 Å². The Morgan fingerprint density at radius 3 is 2.68 bits per heavy atom. The second kappa shape index (κ2) is 9.95. The van der Waals surface area contributed by atoms with Gasteiger partial charge in [0.25, 0.3) is 0 Å². The summed E-state index contributed by atoms with van der Waals surface area (Å²) in [6.07, 6.45) is -3.63. The van der Waals surface area contributed by atoms with E-state index in [0.717, 1.165) is 38.1 Å². The van der Waals surface area contributed by atoms with Crippen LogP contribution in [0, 0.1) is 0 Å². The number of aromatic nitrogens is 2. The van der Waals surface area contributed by atoms with Crippen LogP contribution in [0.15, 0.2) is 40.9 Å². The molecule has 0 saturated carbocycles. The number of nitrogens with one attached hydrogen (secondary N) is 2. The number of hydrogen-bond donors (Lipinski definition) is 2. The molecule has 1 fully saturated rings. The number of rotatable bonds is 6. The Kier molecular flexibility index (Phi) is 6.86. The molecule has 2 aliphatic heterocycles. The van der Waals surface area contributed by atoms with Crippen molar-refractivity contribution in [3.63, 3.8) is 0 Å². The number of benzene rings is 1. The van der Waals surface area contributed by atoms with Gasteiger partial charge in [-0.15, -0.1) is 0 Å². The Morgan fingerprint density at radius 1 is 1.16 bits per heavy atom. The first-order chi connectivity index (χ1) is 17.6. The van der Waals surface area contributed by atoms with Gasteiger partial charge in [0.15, 0.2) is 5.76 Å². The molecular weight excluding hydrogens is 509 g/mol. The summed E-state index contributed by atoms with van der Waals surface area (Å²) in [6, 6.07) is 9.05. The Morgan fingerprint density at radius 2 is 1.95 bits per heavy atom. The number of halogens is 3. The molecule has 4 heterocycles. The van der Waals surface area contributed by atoms with E-state index >= 15 is 0 Å². The van der Waals surface area contributed by atoms with Crippen LogP contribution >= 0.6 is 0 Å². The van der Waals surface area contributed by atoms with Gasteiger partial charge in [0.05, 0.1) is 12.3 Å². The van der Waals surface area contributed by atoms with Crippen LogP contribution in [0.3, 0.4) is 0 Å². The van der Waals surface area contributed by atoms with Gasteiger partial charge in [0.2, 0.25) is 16.0 Å². The maximum Gasteiger partial charge on any atom is 0.420 e. The molecule has 37 heavy (non-hydrogen) atoms. The molecule has 2 aliphatic rings. The average Bonchev–Trinajstić information content (AvgIpc) is 3.32. The highest BCUT2D eigenvalue weighted by molar-refractivity contribution is 7.89. The molecular formula is C24H27F3N6O3S. The fraction of sp³-hybridized carbons (Fsp3) is 0.417. The Bertz CT molecular complexity index is 1390. The summed E-state index contributed by atoms with van der Waals surface area (Å²) in [5.41, 5.74) is 0.867. The molecule has 2 aromatic heterocycles. The maximum absolute atomic E-state index is 13.9. The van der Waals surface area contributed by atoms with Crippen molar-refractivity contribution < 1.29 is 26.0 Å². The first-order valence-corrected chi connectivity index (χ1v) is 13.6. The quantitative estimate of drug-likeness (QED) is 0.493. The minimum Gasteiger partial charge on any atom is -0.458 e. The third-order valence-electron chi connectivity index (χ3n) is 6.52. The largest absolute Gasteiger partial charge is 0.458 e. The van der Waals surface area contributed by atoms with E-state index in [-0.39, 0.29) is 30.6 Å². The smallest absolute Gasteiger partial charge is 0.420 e. The van der Waals surface area contributed by atoms with Crippen molar-refractivity contribution in [3.05, 3.63) is 53.4 Å². The SMILES string of the molecule is CCS(=O)(=O)N1CCc2cc(-c3nc(Nc4cccc(N5CCNCC5)c4)ncc3C(F)(F)F)oc2C1. The molecule has 13 heteroatoms. The van der Waals surface area contributed by atoms with E-state index in [2.05, 4.69) is 25.5 Å². The van der Waals surface area contributed by atoms with E-state index in [0.29, 0.717) is 23.4 Å². The zero-order chi connectivity index (χ0) is 26.2. The maximum atomic E-state index is 13.9. The summed E-state index contributed by atoms with van der Waals surface area (Å²) in [5, 5.41) is 6.31. The first-order valence-electron chi connectivity index (χ1n) is 12.0. The molecule has 0 aliphatic carbocycles. The third kappa shape index (κ3) is 5.43. The summed E-state index contributed by atoms with van der Waals surface area (Å²) in [5.74, 6) is 0.173. The third-order valence-corrected chi connectivity index (χ3v) is 8.35. The Balaban J connectivity index is 1.45. The summed E-state index contributed by atoms with van der Waals surface area (Å²) in [7, 11) is -3.45. The molecule has 0 unspecified atom stereocenters. The van der Waals surface area contributed by atoms with E-state index < -0.39 is 27.5 Å². The lowest BCUT2D eigenvalue weighted by Gasteiger charge is -2.29. The fourth-order valence-corrected chi connectivity index (χ4v) is 5.55. The van der Waals surface area contributed by atoms with Crippen molar-refractivity contribution in [1.29, 1.82) is 0 Å². The molecule has 9 nitrogen and oxygen atoms in total. The van der Waals surface area contributed by atoms with Crippen molar-refractivity contribution in [3.8, 4) is 11.5 Å². The van der Waals surface area contributed by atoms with Crippen LogP contribution in [0.25, 0.3) is 11.5 Å². The number of nitrogens with zero attached hydrogens (tertiary/aromatic N) is 4. The van der Waals surface area contributed by atoms with Gasteiger partial charge in [-0.25, -0.2) is 18.4 Å². The topological polar surface area (TPSA) is 104 Å². The highest BCUT2D eigenvalue weighted by Gasteiger charge is 2.37. The van der Waals surface area contributed by atoms with Crippen molar-refractivity contribution in [2.45, 2.75) is 26.1 Å². The number of sulfonamides is 1. The predicted molar refractivity (Wildman–Crippen MR) is 133 cm³/mol. The average molecular weight is 537 g/mol. The van der Waals surface area contributed by atoms with Crippen LogP contribution in [-0.4, -0.2) is 61.2 Å². The van der Waals surface area contributed by atoms with Crippen LogP contribution < -0.4 is 15.5 Å². The van der Waals surface area contributed by atoms with Gasteiger partial charge in [-0.05, 0) is 43.2 Å². The van der Waals surface area contributed by atoms with E-state index in [4.69, 9.17) is 4.42 Å². The summed E-state index contributed by atoms with van der Waals surface area (Å²) >= 11 is 0. The molecule has 1 aromatic carbocycles. The molecule has 0 amide bonds. The molecule has 0 atom stereocenters. The molecule has 3 aromatic rings. The number of furan rings is 1. The lowest BCUT2D eigenvalue weighted by molar-refractivity contribution is -0.137. The lowest BCUT2D eigenvalue weighted by atomic mass is 10.1. The normalized spacial score (nSPS) is 17.0. The van der Waals surface area contributed by atoms with Gasteiger partial charge in [-0.1, -0.05) is 6.07 Å². The molecule has 0 radical (unpaired) electrons. The molecule has 2 N–H and O–H groups in total. The number of hydrogen-bond acceptors (Lipinski definition) is 8. The molecule has 1 saturated heterocycles. The van der Waals surface area contributed by atoms with E-state index in [1.807, 2.05) is 18.2 Å². The fourth-order valence-electron chi connectivity index (χ4n) is 4.50. The Hall–Kier alpha value is -3.16. The van der Waals surface area contributed by atoms with E-state index in [1.165, 1.54) is 10.4 Å². The number of fused-ring (bicyclic) bond motifs is 1. The number of anilines is 3. The summed E-state index contributed by atoms with van der Waals surface area (Å²) in [6.45, 7) is 5.21. The van der Waals surface area contributed by atoms with Crippen molar-refractivity contribution >= 4 is 27.3 Å². The van der Waals surface area contributed by atoms with E-state index in [1.54, 1.807) is 13.0 Å². The van der Waals surface area contributed by atoms with Crippen molar-refractivity contribution in [2.24, 2.45) is 0 Å². The van der Waals surface area contributed by atoms with Crippen LogP contribution in [0.1, 0.15) is 23.8 Å². The van der Waals surface area contributed by atoms with Gasteiger partial charge in [-0.3, -0.25) is 0 Å². The zero-order valence-corrected chi connectivity index (χ0v) is 21.0. The highest BCUT2D eigenvalue weighted by Crippen LogP contribution is 2.39. The van der Waals surface area contributed by atoms with Crippen LogP contribution in [-0.2, 0) is 29.2 Å². The molecule has 5 rings (SSSR count).